The number of hydrogen-bond acceptors (Lipinski definition) is 4. The summed E-state index contributed by atoms with van der Waals surface area (Å²) >= 11 is 0. The van der Waals surface area contributed by atoms with Crippen molar-refractivity contribution in [2.45, 2.75) is 122 Å². The molecule has 0 unspecified atom stereocenters. The van der Waals surface area contributed by atoms with Crippen molar-refractivity contribution in [2.24, 2.45) is 17.3 Å². The minimum absolute atomic E-state index is 0.0883. The maximum absolute atomic E-state index is 13.3. The number of rotatable bonds is 9. The van der Waals surface area contributed by atoms with E-state index in [9.17, 15) is 29.4 Å². The summed E-state index contributed by atoms with van der Waals surface area (Å²) in [7, 11) is 0. The first-order chi connectivity index (χ1) is 15.4. The van der Waals surface area contributed by atoms with Crippen molar-refractivity contribution in [2.75, 3.05) is 0 Å². The Morgan fingerprint density at radius 2 is 1.09 bits per heavy atom. The van der Waals surface area contributed by atoms with E-state index < -0.39 is 39.5 Å². The average Bonchev–Trinajstić information content (AvgIpc) is 2.61. The molecule has 0 aliphatic carbocycles. The minimum atomic E-state index is -1.16. The van der Waals surface area contributed by atoms with E-state index in [0.717, 1.165) is 12.8 Å². The molecule has 194 valence electrons. The second-order valence-electron chi connectivity index (χ2n) is 13.0. The summed E-state index contributed by atoms with van der Waals surface area (Å²) < 4.78 is 0. The van der Waals surface area contributed by atoms with Crippen LogP contribution in [0.15, 0.2) is 0 Å². The molecule has 0 bridgehead atoms. The van der Waals surface area contributed by atoms with Crippen LogP contribution in [0.1, 0.15) is 100 Å². The Bertz CT molecular complexity index is 732. The van der Waals surface area contributed by atoms with Gasteiger partial charge in [-0.25, -0.2) is 0 Å². The van der Waals surface area contributed by atoms with Crippen LogP contribution in [-0.4, -0.2) is 66.9 Å². The monoisotopic (exact) mass is 480 g/mol. The zero-order chi connectivity index (χ0) is 26.3. The number of nitrogens with zero attached hydrogens (tertiary/aromatic N) is 2. The Kier molecular flexibility index (Phi) is 7.57. The normalized spacial score (nSPS) is 24.5. The Labute approximate surface area is 204 Å². The zero-order valence-corrected chi connectivity index (χ0v) is 22.2. The topological polar surface area (TPSA) is 115 Å². The fraction of sp³-hybridized carbons (Fsp3) is 0.846. The van der Waals surface area contributed by atoms with Gasteiger partial charge in [-0.05, 0) is 106 Å². The van der Waals surface area contributed by atoms with Gasteiger partial charge in [0.05, 0.1) is 5.41 Å². The molecule has 2 saturated heterocycles. The van der Waals surface area contributed by atoms with Gasteiger partial charge in [0, 0.05) is 28.6 Å². The molecular formula is C26H44N2O6. The van der Waals surface area contributed by atoms with Crippen LogP contribution in [0.5, 0.6) is 0 Å². The highest BCUT2D eigenvalue weighted by Crippen LogP contribution is 2.58. The number of carboxylic acid groups (broad SMARTS) is 2. The van der Waals surface area contributed by atoms with Gasteiger partial charge >= 0.3 is 11.9 Å². The van der Waals surface area contributed by atoms with Crippen LogP contribution in [0.4, 0.5) is 0 Å². The lowest BCUT2D eigenvalue weighted by Gasteiger charge is -2.61. The van der Waals surface area contributed by atoms with E-state index in [-0.39, 0.29) is 31.1 Å². The lowest BCUT2D eigenvalue weighted by atomic mass is 9.52. The lowest BCUT2D eigenvalue weighted by Crippen LogP contribution is -2.66. The Morgan fingerprint density at radius 1 is 0.765 bits per heavy atom. The van der Waals surface area contributed by atoms with Gasteiger partial charge in [-0.3, -0.25) is 19.2 Å². The molecule has 34 heavy (non-hydrogen) atoms. The van der Waals surface area contributed by atoms with Gasteiger partial charge in [0.1, 0.15) is 0 Å². The third-order valence-electron chi connectivity index (χ3n) is 8.64. The number of hydrogen-bond donors (Lipinski definition) is 2. The number of carbonyl (C=O) groups is 4. The van der Waals surface area contributed by atoms with Crippen LogP contribution in [-0.2, 0) is 19.2 Å². The largest absolute Gasteiger partial charge is 0.481 e. The molecule has 2 aliphatic rings. The fourth-order valence-electron chi connectivity index (χ4n) is 7.62. The van der Waals surface area contributed by atoms with E-state index in [0.29, 0.717) is 25.7 Å². The highest BCUT2D eigenvalue weighted by atomic mass is 16.4. The van der Waals surface area contributed by atoms with E-state index in [1.807, 2.05) is 55.4 Å². The van der Waals surface area contributed by atoms with Crippen LogP contribution < -0.4 is 0 Å². The molecular weight excluding hydrogens is 436 g/mol. The van der Waals surface area contributed by atoms with Gasteiger partial charge in [-0.1, -0.05) is 0 Å². The molecule has 2 N–H and O–H groups in total. The smallest absolute Gasteiger partial charge is 0.310 e. The third-order valence-corrected chi connectivity index (χ3v) is 8.64. The fourth-order valence-corrected chi connectivity index (χ4v) is 7.62. The predicted octanol–water partition coefficient (Wildman–Crippen LogP) is 4.16. The molecule has 0 aromatic carbocycles. The summed E-state index contributed by atoms with van der Waals surface area (Å²) in [5.41, 5.74) is -3.35. The minimum Gasteiger partial charge on any atom is -0.481 e. The highest BCUT2D eigenvalue weighted by molar-refractivity contribution is 5.76. The number of likely N-dealkylation sites (tertiary alicyclic amines) is 2. The summed E-state index contributed by atoms with van der Waals surface area (Å²) in [6.07, 6.45) is 4.22. The van der Waals surface area contributed by atoms with Crippen molar-refractivity contribution in [1.82, 2.24) is 9.80 Å². The molecule has 0 radical (unpaired) electrons. The molecule has 0 aromatic rings. The van der Waals surface area contributed by atoms with Crippen LogP contribution in [0.25, 0.3) is 0 Å². The maximum Gasteiger partial charge on any atom is 0.310 e. The molecule has 8 heteroatoms. The maximum atomic E-state index is 13.3. The van der Waals surface area contributed by atoms with E-state index in [2.05, 4.69) is 0 Å². The van der Waals surface area contributed by atoms with Crippen molar-refractivity contribution in [3.05, 3.63) is 0 Å². The molecule has 0 atom stereocenters. The zero-order valence-electron chi connectivity index (χ0n) is 22.2. The molecule has 2 aliphatic heterocycles. The second-order valence-corrected chi connectivity index (χ2v) is 13.0. The quantitative estimate of drug-likeness (QED) is 0.479. The van der Waals surface area contributed by atoms with Crippen molar-refractivity contribution >= 4 is 24.8 Å². The molecule has 2 rings (SSSR count). The summed E-state index contributed by atoms with van der Waals surface area (Å²) in [5, 5.41) is 20.2. The third kappa shape index (κ3) is 4.96. The Balaban J connectivity index is 2.65. The van der Waals surface area contributed by atoms with Crippen LogP contribution in [0.3, 0.4) is 0 Å². The molecule has 2 fully saturated rings. The van der Waals surface area contributed by atoms with E-state index in [1.54, 1.807) is 9.80 Å². The van der Waals surface area contributed by atoms with Gasteiger partial charge in [-0.15, -0.1) is 0 Å². The number of piperidine rings is 2. The Morgan fingerprint density at radius 3 is 1.32 bits per heavy atom. The van der Waals surface area contributed by atoms with Crippen LogP contribution in [0.2, 0.25) is 0 Å². The first-order valence-corrected chi connectivity index (χ1v) is 12.3. The molecule has 8 nitrogen and oxygen atoms in total. The number of carbonyl (C=O) groups excluding carboxylic acids is 2. The van der Waals surface area contributed by atoms with E-state index in [1.165, 1.54) is 0 Å². The second kappa shape index (κ2) is 9.15. The van der Waals surface area contributed by atoms with Crippen molar-refractivity contribution in [3.8, 4) is 0 Å². The van der Waals surface area contributed by atoms with Crippen LogP contribution in [0, 0.1) is 17.3 Å². The van der Waals surface area contributed by atoms with Gasteiger partial charge in [0.15, 0.2) is 0 Å². The van der Waals surface area contributed by atoms with Crippen LogP contribution >= 0.6 is 0 Å². The molecule has 2 amide bonds. The summed E-state index contributed by atoms with van der Waals surface area (Å²) in [5.74, 6) is -2.34. The van der Waals surface area contributed by atoms with Crippen molar-refractivity contribution in [1.29, 1.82) is 0 Å². The van der Waals surface area contributed by atoms with E-state index >= 15 is 0 Å². The van der Waals surface area contributed by atoms with Crippen molar-refractivity contribution in [3.63, 3.8) is 0 Å². The average molecular weight is 481 g/mol. The number of amides is 2. The molecule has 0 spiro atoms. The van der Waals surface area contributed by atoms with Gasteiger partial charge in [-0.2, -0.15) is 0 Å². The predicted molar refractivity (Wildman–Crippen MR) is 129 cm³/mol. The lowest BCUT2D eigenvalue weighted by molar-refractivity contribution is -0.179. The SMILES string of the molecule is CC1(C)CC(C(CCCC(=O)O)(C(=O)O)C2CC(C)(C)N(C=O)C(C)(C)C2)CC(C)(C)N1C=O. The molecule has 0 aromatic heterocycles. The van der Waals surface area contributed by atoms with E-state index in [4.69, 9.17) is 0 Å². The van der Waals surface area contributed by atoms with Crippen molar-refractivity contribution < 1.29 is 29.4 Å². The highest BCUT2D eigenvalue weighted by Gasteiger charge is 2.61. The standard InChI is InChI=1S/C26H44N2O6/c1-22(2)12-18(13-23(3,4)27(22)16-29)26(21(33)34,11-9-10-20(31)32)19-14-24(5,6)28(17-30)25(7,8)15-19/h16-19H,9-15H2,1-8H3,(H,31,32)(H,33,34). The number of carboxylic acids is 2. The molecule has 2 heterocycles. The summed E-state index contributed by atoms with van der Waals surface area (Å²) in [4.78, 5) is 52.2. The summed E-state index contributed by atoms with van der Waals surface area (Å²) in [6.45, 7) is 15.8. The first-order valence-electron chi connectivity index (χ1n) is 12.3. The Hall–Kier alpha value is -2.12. The number of aliphatic carboxylic acids is 2. The van der Waals surface area contributed by atoms with Gasteiger partial charge in [0.25, 0.3) is 0 Å². The van der Waals surface area contributed by atoms with Gasteiger partial charge in [0.2, 0.25) is 12.8 Å². The molecule has 0 saturated carbocycles. The summed E-state index contributed by atoms with van der Waals surface area (Å²) in [6, 6.07) is 0. The first kappa shape index (κ1) is 28.1. The van der Waals surface area contributed by atoms with Gasteiger partial charge < -0.3 is 20.0 Å².